The number of aryl methyl sites for hydroxylation is 2. The molecule has 1 unspecified atom stereocenters. The number of rotatable bonds is 3. The van der Waals surface area contributed by atoms with E-state index in [1.165, 1.54) is 5.01 Å². The van der Waals surface area contributed by atoms with Crippen molar-refractivity contribution in [3.05, 3.63) is 48.3 Å². The average Bonchev–Trinajstić information content (AvgIpc) is 2.98. The predicted molar refractivity (Wildman–Crippen MR) is 106 cm³/mol. The first-order chi connectivity index (χ1) is 13.4. The van der Waals surface area contributed by atoms with Crippen LogP contribution in [0.15, 0.2) is 47.6 Å². The van der Waals surface area contributed by atoms with Crippen LogP contribution in [0.3, 0.4) is 0 Å². The highest BCUT2D eigenvalue weighted by Gasteiger charge is 2.30. The third kappa shape index (κ3) is 3.07. The van der Waals surface area contributed by atoms with Gasteiger partial charge in [-0.15, -0.1) is 0 Å². The fraction of sp³-hybridized carbons (Fsp3) is 0.211. The number of amides is 2. The van der Waals surface area contributed by atoms with E-state index in [-0.39, 0.29) is 11.7 Å². The van der Waals surface area contributed by atoms with Gasteiger partial charge in [0.25, 0.3) is 11.8 Å². The van der Waals surface area contributed by atoms with E-state index >= 15 is 0 Å². The molecule has 0 aliphatic carbocycles. The van der Waals surface area contributed by atoms with E-state index < -0.39 is 11.9 Å². The lowest BCUT2D eigenvalue weighted by Crippen LogP contribution is -2.57. The number of aliphatic imine (C=N–C) groups is 1. The van der Waals surface area contributed by atoms with Crippen molar-refractivity contribution in [2.45, 2.75) is 19.9 Å². The van der Waals surface area contributed by atoms with E-state index in [2.05, 4.69) is 25.8 Å². The smallest absolute Gasteiger partial charge is 0.292 e. The number of para-hydroxylation sites is 1. The normalized spacial score (nSPS) is 16.7. The lowest BCUT2D eigenvalue weighted by atomic mass is 10.2. The fourth-order valence-corrected chi connectivity index (χ4v) is 3.07. The van der Waals surface area contributed by atoms with Crippen LogP contribution in [0.5, 0.6) is 0 Å². The molecule has 0 fully saturated rings. The molecule has 2 N–H and O–H groups in total. The number of nitrogens with zero attached hydrogens (tertiary/aromatic N) is 5. The van der Waals surface area contributed by atoms with E-state index in [4.69, 9.17) is 0 Å². The number of hydrazine groups is 1. The van der Waals surface area contributed by atoms with Crippen LogP contribution >= 0.6 is 0 Å². The number of benzene rings is 1. The number of anilines is 2. The first-order valence-electron chi connectivity index (χ1n) is 8.78. The van der Waals surface area contributed by atoms with Crippen molar-refractivity contribution in [1.82, 2.24) is 20.2 Å². The Bertz CT molecular complexity index is 1100. The largest absolute Gasteiger partial charge is 0.318 e. The standard InChI is InChI=1S/C19H19N7O2/c1-11-15-9-13(10-20-17(15)25(3)23-11)22-18(27)16-21-12(2)19(28)26(24-16)14-7-5-4-6-8-14/h4-10,12H,1-3H3,(H,21,24)(H,22,27). The lowest BCUT2D eigenvalue weighted by molar-refractivity contribution is -0.120. The van der Waals surface area contributed by atoms with Gasteiger partial charge in [-0.3, -0.25) is 19.7 Å². The minimum atomic E-state index is -0.677. The second kappa shape index (κ2) is 6.76. The molecule has 1 aromatic carbocycles. The summed E-state index contributed by atoms with van der Waals surface area (Å²) in [6, 6.07) is 10.2. The van der Waals surface area contributed by atoms with Gasteiger partial charge in [0, 0.05) is 12.4 Å². The molecule has 1 atom stereocenters. The molecule has 28 heavy (non-hydrogen) atoms. The van der Waals surface area contributed by atoms with Gasteiger partial charge in [0.2, 0.25) is 5.84 Å². The van der Waals surface area contributed by atoms with Gasteiger partial charge in [0.15, 0.2) is 5.65 Å². The Kier molecular flexibility index (Phi) is 4.26. The quantitative estimate of drug-likeness (QED) is 0.721. The van der Waals surface area contributed by atoms with Crippen molar-refractivity contribution in [3.63, 3.8) is 0 Å². The van der Waals surface area contributed by atoms with Crippen LogP contribution in [-0.4, -0.2) is 38.5 Å². The summed E-state index contributed by atoms with van der Waals surface area (Å²) in [5, 5.41) is 9.29. The lowest BCUT2D eigenvalue weighted by Gasteiger charge is -2.30. The van der Waals surface area contributed by atoms with Gasteiger partial charge < -0.3 is 5.32 Å². The van der Waals surface area contributed by atoms with Crippen molar-refractivity contribution in [2.75, 3.05) is 10.3 Å². The number of carbonyl (C=O) groups excluding carboxylic acids is 2. The number of hydrogen-bond donors (Lipinski definition) is 2. The molecule has 3 aromatic rings. The molecule has 0 saturated heterocycles. The molecule has 1 aliphatic heterocycles. The SMILES string of the molecule is Cc1nn(C)c2ncc(NC(=O)C3=NC(C)C(=O)N(c4ccccc4)N3)cc12. The zero-order valence-corrected chi connectivity index (χ0v) is 15.7. The van der Waals surface area contributed by atoms with E-state index in [0.717, 1.165) is 16.7 Å². The second-order valence-electron chi connectivity index (χ2n) is 6.53. The molecule has 2 aromatic heterocycles. The molecular formula is C19H19N7O2. The number of hydrogen-bond acceptors (Lipinski definition) is 6. The molecular weight excluding hydrogens is 358 g/mol. The van der Waals surface area contributed by atoms with Crippen LogP contribution in [0.2, 0.25) is 0 Å². The first kappa shape index (κ1) is 17.7. The minimum absolute atomic E-state index is 0.0546. The van der Waals surface area contributed by atoms with E-state index in [9.17, 15) is 9.59 Å². The number of amidine groups is 1. The Labute approximate surface area is 161 Å². The number of nitrogens with one attached hydrogen (secondary N) is 2. The number of carbonyl (C=O) groups is 2. The van der Waals surface area contributed by atoms with Gasteiger partial charge in [-0.05, 0) is 32.0 Å². The maximum atomic E-state index is 12.7. The van der Waals surface area contributed by atoms with Crippen LogP contribution < -0.4 is 15.8 Å². The molecule has 0 spiro atoms. The highest BCUT2D eigenvalue weighted by atomic mass is 16.2. The van der Waals surface area contributed by atoms with Gasteiger partial charge in [-0.25, -0.2) is 15.0 Å². The fourth-order valence-electron chi connectivity index (χ4n) is 3.07. The summed E-state index contributed by atoms with van der Waals surface area (Å²) >= 11 is 0. The summed E-state index contributed by atoms with van der Waals surface area (Å²) in [6.07, 6.45) is 1.56. The van der Waals surface area contributed by atoms with Gasteiger partial charge in [-0.1, -0.05) is 18.2 Å². The molecule has 0 radical (unpaired) electrons. The van der Waals surface area contributed by atoms with Gasteiger partial charge in [0.1, 0.15) is 6.04 Å². The van der Waals surface area contributed by atoms with Gasteiger partial charge in [-0.2, -0.15) is 5.10 Å². The molecule has 0 saturated carbocycles. The molecule has 0 bridgehead atoms. The Morgan fingerprint density at radius 2 is 2.00 bits per heavy atom. The highest BCUT2D eigenvalue weighted by Crippen LogP contribution is 2.20. The van der Waals surface area contributed by atoms with Crippen molar-refractivity contribution >= 4 is 40.1 Å². The summed E-state index contributed by atoms with van der Waals surface area (Å²) in [7, 11) is 1.82. The van der Waals surface area contributed by atoms with E-state index in [0.29, 0.717) is 11.4 Å². The molecule has 1 aliphatic rings. The van der Waals surface area contributed by atoms with E-state index in [1.54, 1.807) is 29.9 Å². The number of aromatic nitrogens is 3. The Morgan fingerprint density at radius 1 is 1.25 bits per heavy atom. The Balaban J connectivity index is 1.58. The highest BCUT2D eigenvalue weighted by molar-refractivity contribution is 6.43. The van der Waals surface area contributed by atoms with Crippen LogP contribution in [0, 0.1) is 6.92 Å². The molecule has 4 rings (SSSR count). The monoisotopic (exact) mass is 377 g/mol. The van der Waals surface area contributed by atoms with Crippen molar-refractivity contribution in [3.8, 4) is 0 Å². The van der Waals surface area contributed by atoms with Crippen LogP contribution in [-0.2, 0) is 16.6 Å². The van der Waals surface area contributed by atoms with Gasteiger partial charge >= 0.3 is 0 Å². The zero-order valence-electron chi connectivity index (χ0n) is 15.7. The van der Waals surface area contributed by atoms with Crippen molar-refractivity contribution in [1.29, 1.82) is 0 Å². The molecule has 3 heterocycles. The average molecular weight is 377 g/mol. The second-order valence-corrected chi connectivity index (χ2v) is 6.53. The number of fused-ring (bicyclic) bond motifs is 1. The molecule has 9 nitrogen and oxygen atoms in total. The first-order valence-corrected chi connectivity index (χ1v) is 8.78. The summed E-state index contributed by atoms with van der Waals surface area (Å²) in [6.45, 7) is 3.53. The third-order valence-corrected chi connectivity index (χ3v) is 4.47. The predicted octanol–water partition coefficient (Wildman–Crippen LogP) is 1.55. The summed E-state index contributed by atoms with van der Waals surface area (Å²) < 4.78 is 1.69. The van der Waals surface area contributed by atoms with Crippen LogP contribution in [0.25, 0.3) is 11.0 Å². The van der Waals surface area contributed by atoms with Crippen molar-refractivity contribution < 1.29 is 9.59 Å². The maximum absolute atomic E-state index is 12.7. The molecule has 2 amide bonds. The Hall–Kier alpha value is -3.75. The molecule has 142 valence electrons. The topological polar surface area (TPSA) is 105 Å². The molecule has 9 heteroatoms. The number of pyridine rings is 1. The van der Waals surface area contributed by atoms with E-state index in [1.807, 2.05) is 38.2 Å². The summed E-state index contributed by atoms with van der Waals surface area (Å²) in [4.78, 5) is 33.7. The van der Waals surface area contributed by atoms with Crippen LogP contribution in [0.4, 0.5) is 11.4 Å². The van der Waals surface area contributed by atoms with Gasteiger partial charge in [0.05, 0.1) is 23.3 Å². The minimum Gasteiger partial charge on any atom is -0.318 e. The third-order valence-electron chi connectivity index (χ3n) is 4.47. The van der Waals surface area contributed by atoms with Crippen LogP contribution in [0.1, 0.15) is 12.6 Å². The Morgan fingerprint density at radius 3 is 2.75 bits per heavy atom. The summed E-state index contributed by atoms with van der Waals surface area (Å²) in [5.74, 6) is -0.640. The summed E-state index contributed by atoms with van der Waals surface area (Å²) in [5.41, 5.74) is 5.52. The zero-order chi connectivity index (χ0) is 19.8. The maximum Gasteiger partial charge on any atom is 0.292 e. The van der Waals surface area contributed by atoms with Crippen molar-refractivity contribution in [2.24, 2.45) is 12.0 Å².